The van der Waals surface area contributed by atoms with Gasteiger partial charge in [-0.15, -0.1) is 5.10 Å². The molecule has 0 bridgehead atoms. The highest BCUT2D eigenvalue weighted by Crippen LogP contribution is 2.16. The molecule has 0 aliphatic heterocycles. The number of nitrogens with zero attached hydrogens (tertiary/aromatic N) is 2. The van der Waals surface area contributed by atoms with Crippen molar-refractivity contribution in [2.45, 2.75) is 22.4 Å². The van der Waals surface area contributed by atoms with Gasteiger partial charge in [0.15, 0.2) is 0 Å². The molecule has 0 atom stereocenters. The molecular formula is C16H14FN3O5S2. The lowest BCUT2D eigenvalue weighted by Gasteiger charge is -2.04. The summed E-state index contributed by atoms with van der Waals surface area (Å²) in [5.41, 5.74) is 0.348. The Morgan fingerprint density at radius 3 is 2.26 bits per heavy atom. The van der Waals surface area contributed by atoms with Gasteiger partial charge in [0.05, 0.1) is 17.2 Å². The molecule has 0 aliphatic carbocycles. The third kappa shape index (κ3) is 4.76. The smallest absolute Gasteiger partial charge is 0.335 e. The number of hydrogen-bond acceptors (Lipinski definition) is 7. The number of aromatic nitrogens is 2. The van der Waals surface area contributed by atoms with Crippen molar-refractivity contribution in [1.82, 2.24) is 14.9 Å². The highest BCUT2D eigenvalue weighted by Gasteiger charge is 2.24. The Labute approximate surface area is 155 Å². The van der Waals surface area contributed by atoms with Gasteiger partial charge in [0.2, 0.25) is 25.8 Å². The Morgan fingerprint density at radius 1 is 0.926 bits per heavy atom. The van der Waals surface area contributed by atoms with Crippen molar-refractivity contribution in [3.8, 4) is 0 Å². The van der Waals surface area contributed by atoms with E-state index >= 15 is 0 Å². The third-order valence-electron chi connectivity index (χ3n) is 3.45. The number of halogens is 1. The Bertz CT molecular complexity index is 1130. The lowest BCUT2D eigenvalue weighted by atomic mass is 10.2. The van der Waals surface area contributed by atoms with Gasteiger partial charge in [-0.25, -0.2) is 25.9 Å². The number of benzene rings is 2. The van der Waals surface area contributed by atoms with E-state index in [1.807, 2.05) is 0 Å². The van der Waals surface area contributed by atoms with Crippen LogP contribution < -0.4 is 4.72 Å². The van der Waals surface area contributed by atoms with E-state index in [0.29, 0.717) is 5.56 Å². The SMILES string of the molecule is O=S(=O)(Cc1ccc(F)cc1)c1nnc(CNS(=O)(=O)c2ccccc2)o1. The molecule has 1 N–H and O–H groups in total. The minimum absolute atomic E-state index is 0.0497. The van der Waals surface area contributed by atoms with Crippen molar-refractivity contribution in [1.29, 1.82) is 0 Å². The molecule has 8 nitrogen and oxygen atoms in total. The molecule has 0 aliphatic rings. The van der Waals surface area contributed by atoms with Crippen LogP contribution in [0.1, 0.15) is 11.5 Å². The molecule has 0 saturated heterocycles. The maximum Gasteiger partial charge on any atom is 0.335 e. The second-order valence-corrected chi connectivity index (χ2v) is 9.12. The molecule has 2 aromatic carbocycles. The van der Waals surface area contributed by atoms with E-state index in [4.69, 9.17) is 4.42 Å². The standard InChI is InChI=1S/C16H14FN3O5S2/c17-13-8-6-12(7-9-13)11-26(21,22)16-20-19-15(25-16)10-18-27(23,24)14-4-2-1-3-5-14/h1-9,18H,10-11H2. The Balaban J connectivity index is 1.70. The van der Waals surface area contributed by atoms with E-state index in [9.17, 15) is 21.2 Å². The van der Waals surface area contributed by atoms with Crippen LogP contribution in [0, 0.1) is 5.82 Å². The van der Waals surface area contributed by atoms with Crippen LogP contribution >= 0.6 is 0 Å². The maximum atomic E-state index is 12.9. The van der Waals surface area contributed by atoms with Crippen LogP contribution in [-0.4, -0.2) is 27.0 Å². The molecule has 0 saturated carbocycles. The van der Waals surface area contributed by atoms with Gasteiger partial charge >= 0.3 is 5.22 Å². The summed E-state index contributed by atoms with van der Waals surface area (Å²) in [6.07, 6.45) is 0. The average Bonchev–Trinajstić information content (AvgIpc) is 3.13. The number of sulfone groups is 1. The predicted octanol–water partition coefficient (Wildman–Crippen LogP) is 1.66. The first-order valence-electron chi connectivity index (χ1n) is 7.60. The molecule has 3 aromatic rings. The summed E-state index contributed by atoms with van der Waals surface area (Å²) in [5, 5.41) is 6.38. The van der Waals surface area contributed by atoms with E-state index < -0.39 is 36.7 Å². The van der Waals surface area contributed by atoms with Gasteiger partial charge in [0, 0.05) is 0 Å². The topological polar surface area (TPSA) is 119 Å². The molecule has 27 heavy (non-hydrogen) atoms. The monoisotopic (exact) mass is 411 g/mol. The molecule has 1 aromatic heterocycles. The van der Waals surface area contributed by atoms with Crippen LogP contribution in [0.2, 0.25) is 0 Å². The van der Waals surface area contributed by atoms with E-state index in [1.54, 1.807) is 18.2 Å². The summed E-state index contributed by atoms with van der Waals surface area (Å²) in [4.78, 5) is 0.0497. The number of hydrogen-bond donors (Lipinski definition) is 1. The van der Waals surface area contributed by atoms with Gasteiger partial charge < -0.3 is 4.42 Å². The average molecular weight is 411 g/mol. The van der Waals surface area contributed by atoms with Crippen LogP contribution in [0.15, 0.2) is 69.1 Å². The summed E-state index contributed by atoms with van der Waals surface area (Å²) in [5.74, 6) is -1.14. The van der Waals surface area contributed by atoms with Gasteiger partial charge in [-0.3, -0.25) is 0 Å². The zero-order valence-corrected chi connectivity index (χ0v) is 15.4. The molecule has 11 heteroatoms. The maximum absolute atomic E-state index is 12.9. The predicted molar refractivity (Wildman–Crippen MR) is 92.1 cm³/mol. The zero-order chi connectivity index (χ0) is 19.5. The number of rotatable bonds is 7. The third-order valence-corrected chi connectivity index (χ3v) is 6.28. The van der Waals surface area contributed by atoms with Crippen LogP contribution in [0.3, 0.4) is 0 Å². The minimum atomic E-state index is -3.95. The van der Waals surface area contributed by atoms with Crippen LogP contribution in [0.5, 0.6) is 0 Å². The lowest BCUT2D eigenvalue weighted by molar-refractivity contribution is 0.393. The molecule has 0 amide bonds. The Morgan fingerprint density at radius 2 is 1.59 bits per heavy atom. The lowest BCUT2D eigenvalue weighted by Crippen LogP contribution is -2.23. The zero-order valence-electron chi connectivity index (χ0n) is 13.7. The van der Waals surface area contributed by atoms with Crippen molar-refractivity contribution in [2.75, 3.05) is 0 Å². The van der Waals surface area contributed by atoms with E-state index in [0.717, 1.165) is 12.1 Å². The molecule has 142 valence electrons. The largest absolute Gasteiger partial charge is 0.411 e. The fraction of sp³-hybridized carbons (Fsp3) is 0.125. The molecule has 3 rings (SSSR count). The molecule has 1 heterocycles. The fourth-order valence-electron chi connectivity index (χ4n) is 2.14. The fourth-order valence-corrected chi connectivity index (χ4v) is 4.28. The van der Waals surface area contributed by atoms with Gasteiger partial charge in [0.25, 0.3) is 0 Å². The normalized spacial score (nSPS) is 12.2. The van der Waals surface area contributed by atoms with Gasteiger partial charge in [-0.1, -0.05) is 35.4 Å². The Kier molecular flexibility index (Phi) is 5.35. The summed E-state index contributed by atoms with van der Waals surface area (Å²) in [6, 6.07) is 12.6. The molecule has 0 fully saturated rings. The summed E-state index contributed by atoms with van der Waals surface area (Å²) in [7, 11) is -7.75. The number of sulfonamides is 1. The number of nitrogens with one attached hydrogen (secondary N) is 1. The summed E-state index contributed by atoms with van der Waals surface area (Å²) >= 11 is 0. The first-order valence-corrected chi connectivity index (χ1v) is 10.7. The van der Waals surface area contributed by atoms with Gasteiger partial charge in [-0.2, -0.15) is 0 Å². The van der Waals surface area contributed by atoms with Crippen molar-refractivity contribution in [2.24, 2.45) is 0 Å². The molecule has 0 radical (unpaired) electrons. The quantitative estimate of drug-likeness (QED) is 0.628. The van der Waals surface area contributed by atoms with E-state index in [2.05, 4.69) is 14.9 Å². The van der Waals surface area contributed by atoms with Gasteiger partial charge in [0.1, 0.15) is 5.82 Å². The second kappa shape index (κ2) is 7.55. The first kappa shape index (κ1) is 19.1. The van der Waals surface area contributed by atoms with E-state index in [-0.39, 0.29) is 17.3 Å². The Hall–Kier alpha value is -2.63. The minimum Gasteiger partial charge on any atom is -0.411 e. The highest BCUT2D eigenvalue weighted by molar-refractivity contribution is 7.90. The van der Waals surface area contributed by atoms with Crippen LogP contribution in [0.4, 0.5) is 4.39 Å². The van der Waals surface area contributed by atoms with E-state index in [1.165, 1.54) is 24.3 Å². The van der Waals surface area contributed by atoms with Crippen molar-refractivity contribution >= 4 is 19.9 Å². The van der Waals surface area contributed by atoms with Crippen molar-refractivity contribution in [3.63, 3.8) is 0 Å². The van der Waals surface area contributed by atoms with Crippen LogP contribution in [-0.2, 0) is 32.2 Å². The molecule has 0 unspecified atom stereocenters. The first-order chi connectivity index (χ1) is 12.8. The highest BCUT2D eigenvalue weighted by atomic mass is 32.2. The summed E-state index contributed by atoms with van der Waals surface area (Å²) < 4.78 is 69.1. The summed E-state index contributed by atoms with van der Waals surface area (Å²) in [6.45, 7) is -0.365. The molecular weight excluding hydrogens is 397 g/mol. The van der Waals surface area contributed by atoms with Crippen molar-refractivity contribution < 1.29 is 25.6 Å². The molecule has 0 spiro atoms. The second-order valence-electron chi connectivity index (χ2n) is 5.48. The van der Waals surface area contributed by atoms with Crippen molar-refractivity contribution in [3.05, 3.63) is 71.9 Å². The van der Waals surface area contributed by atoms with Gasteiger partial charge in [-0.05, 0) is 29.8 Å². The van der Waals surface area contributed by atoms with Crippen LogP contribution in [0.25, 0.3) is 0 Å².